The van der Waals surface area contributed by atoms with Crippen molar-refractivity contribution in [1.29, 1.82) is 0 Å². The van der Waals surface area contributed by atoms with Gasteiger partial charge in [0.1, 0.15) is 0 Å². The molecule has 0 aliphatic heterocycles. The van der Waals surface area contributed by atoms with Gasteiger partial charge in [-0.05, 0) is 0 Å². The Morgan fingerprint density at radius 3 is 1.21 bits per heavy atom. The Hall–Kier alpha value is -1.41. The number of hydrogen-bond acceptors (Lipinski definition) is 0. The van der Waals surface area contributed by atoms with Gasteiger partial charge < -0.3 is 0 Å². The summed E-state index contributed by atoms with van der Waals surface area (Å²) in [5.41, 5.74) is 15.1. The second kappa shape index (κ2) is 16.3. The van der Waals surface area contributed by atoms with E-state index in [1.54, 1.807) is 28.9 Å². The van der Waals surface area contributed by atoms with Gasteiger partial charge in [0, 0.05) is 0 Å². The van der Waals surface area contributed by atoms with E-state index in [-0.39, 0.29) is 35.8 Å². The van der Waals surface area contributed by atoms with E-state index in [9.17, 15) is 0 Å². The predicted octanol–water partition coefficient (Wildman–Crippen LogP) is 10.8. The van der Waals surface area contributed by atoms with Crippen LogP contribution in [0.2, 0.25) is 26.2 Å². The van der Waals surface area contributed by atoms with E-state index in [4.69, 9.17) is 0 Å². The third kappa shape index (κ3) is 7.19. The van der Waals surface area contributed by atoms with Crippen molar-refractivity contribution in [3.8, 4) is 22.3 Å². The van der Waals surface area contributed by atoms with Gasteiger partial charge in [0.05, 0.1) is 0 Å². The molecular weight excluding hydrogens is 989 g/mol. The summed E-state index contributed by atoms with van der Waals surface area (Å²) in [4.78, 5) is 0. The Morgan fingerprint density at radius 2 is 0.854 bits per heavy atom. The SMILES string of the molecule is CC1=[C]([Hf]([c]2cccc3c2Cc2ccccc2-3)=[Si](C)C)CC=C1.CC1=[C]([Hf]([c]2cccc3c2Cc2ccccc2-3)=[Si](C)C)CC=C1.Cl.Cl. The molecule has 0 saturated carbocycles. The summed E-state index contributed by atoms with van der Waals surface area (Å²) in [6.45, 7) is 14.9. The van der Waals surface area contributed by atoms with E-state index >= 15 is 0 Å². The van der Waals surface area contributed by atoms with Crippen LogP contribution in [0.5, 0.6) is 0 Å². The normalized spacial score (nSPS) is 14.3. The van der Waals surface area contributed by atoms with E-state index < -0.39 is 40.1 Å². The topological polar surface area (TPSA) is 0 Å². The number of fused-ring (bicyclic) bond motifs is 6. The second-order valence-electron chi connectivity index (χ2n) is 13.6. The van der Waals surface area contributed by atoms with E-state index in [1.165, 1.54) is 46.2 Å². The third-order valence-electron chi connectivity index (χ3n) is 10.2. The molecule has 4 aliphatic rings. The van der Waals surface area contributed by atoms with Gasteiger partial charge in [0.2, 0.25) is 0 Å². The summed E-state index contributed by atoms with van der Waals surface area (Å²) in [7, 11) is 0. The molecule has 4 aromatic carbocycles. The van der Waals surface area contributed by atoms with E-state index in [0.29, 0.717) is 0 Å². The molecule has 0 amide bonds. The molecule has 0 aromatic heterocycles. The molecule has 244 valence electrons. The van der Waals surface area contributed by atoms with Crippen LogP contribution >= 0.6 is 24.8 Å². The summed E-state index contributed by atoms with van der Waals surface area (Å²) in [6, 6.07) is 32.3. The summed E-state index contributed by atoms with van der Waals surface area (Å²) in [5.74, 6) is 0. The summed E-state index contributed by atoms with van der Waals surface area (Å²) >= 11 is -3.85. The first kappa shape index (κ1) is 37.8. The number of halogens is 2. The molecule has 0 atom stereocenters. The number of allylic oxidation sites excluding steroid dienone is 8. The van der Waals surface area contributed by atoms with Crippen LogP contribution < -0.4 is 6.64 Å². The molecule has 0 nitrogen and oxygen atoms in total. The van der Waals surface area contributed by atoms with Crippen LogP contribution in [0, 0.1) is 0 Å². The van der Waals surface area contributed by atoms with Crippen molar-refractivity contribution in [3.05, 3.63) is 149 Å². The zero-order chi connectivity index (χ0) is 31.9. The molecule has 0 radical (unpaired) electrons. The molecule has 8 rings (SSSR count). The van der Waals surface area contributed by atoms with Gasteiger partial charge in [0.25, 0.3) is 0 Å². The van der Waals surface area contributed by atoms with Crippen LogP contribution in [0.3, 0.4) is 0 Å². The molecule has 0 N–H and O–H groups in total. The third-order valence-corrected chi connectivity index (χ3v) is 59.0. The summed E-state index contributed by atoms with van der Waals surface area (Å²) < 4.78 is 7.36. The van der Waals surface area contributed by atoms with Crippen molar-refractivity contribution >= 4 is 42.4 Å². The van der Waals surface area contributed by atoms with Crippen molar-refractivity contribution in [1.82, 2.24) is 0 Å². The van der Waals surface area contributed by atoms with E-state index in [1.807, 2.05) is 6.66 Å². The minimum absolute atomic E-state index is 0. The summed E-state index contributed by atoms with van der Waals surface area (Å²) in [5, 5.41) is 0. The van der Waals surface area contributed by atoms with Crippen LogP contribution in [0.25, 0.3) is 22.3 Å². The zero-order valence-corrected chi connectivity index (χ0v) is 39.9. The first-order valence-electron chi connectivity index (χ1n) is 16.8. The second-order valence-corrected chi connectivity index (χ2v) is 61.0. The van der Waals surface area contributed by atoms with Crippen molar-refractivity contribution in [2.24, 2.45) is 0 Å². The minimum Gasteiger partial charge on any atom is -0.147 e. The van der Waals surface area contributed by atoms with Crippen LogP contribution in [0.15, 0.2) is 127 Å². The Bertz CT molecular complexity index is 1950. The average Bonchev–Trinajstić information content (AvgIpc) is 3.84. The average molecular weight is 1030 g/mol. The predicted molar refractivity (Wildman–Crippen MR) is 211 cm³/mol. The first-order chi connectivity index (χ1) is 22.3. The Balaban J connectivity index is 0.000000180. The maximum atomic E-state index is 2.56. The van der Waals surface area contributed by atoms with Gasteiger partial charge in [-0.1, -0.05) is 0 Å². The minimum atomic E-state index is -1.92. The standard InChI is InChI=1S/2C13H9.2C6H7.2C2H6Si.2ClH.2Hf/c2*1-3-7-12-10(5-1)9-11-6-2-4-8-13(11)12;2*1-6-4-2-3-5-6;2*1-3-2;;;;/h2*1-5,7-8H,9H2;2*2,4H,3H2,1H3;2*1-2H3;2*1H;;. The van der Waals surface area contributed by atoms with Crippen molar-refractivity contribution in [2.75, 3.05) is 0 Å². The van der Waals surface area contributed by atoms with Crippen LogP contribution in [0.1, 0.15) is 48.9 Å². The Morgan fingerprint density at radius 1 is 0.479 bits per heavy atom. The molecule has 0 unspecified atom stereocenters. The van der Waals surface area contributed by atoms with Gasteiger partial charge in [-0.3, -0.25) is 0 Å². The molecule has 0 bridgehead atoms. The van der Waals surface area contributed by atoms with Gasteiger partial charge in [-0.2, -0.15) is 0 Å². The van der Waals surface area contributed by atoms with Gasteiger partial charge in [-0.15, -0.1) is 24.8 Å². The van der Waals surface area contributed by atoms with Gasteiger partial charge >= 0.3 is 295 Å². The fourth-order valence-electron chi connectivity index (χ4n) is 8.08. The molecule has 0 saturated heterocycles. The molecule has 48 heavy (non-hydrogen) atoms. The monoisotopic (exact) mass is 1040 g/mol. The largest absolute Gasteiger partial charge is 0.147 e. The maximum Gasteiger partial charge on any atom is -0.147 e. The van der Waals surface area contributed by atoms with Gasteiger partial charge in [-0.25, -0.2) is 0 Å². The van der Waals surface area contributed by atoms with Crippen molar-refractivity contribution < 1.29 is 40.1 Å². The van der Waals surface area contributed by atoms with Crippen LogP contribution in [-0.2, 0) is 53.0 Å². The van der Waals surface area contributed by atoms with Crippen LogP contribution in [-0.4, -0.2) is 11.0 Å². The molecule has 0 heterocycles. The number of rotatable bonds is 4. The van der Waals surface area contributed by atoms with Crippen molar-refractivity contribution in [3.63, 3.8) is 0 Å². The number of hydrogen-bond donors (Lipinski definition) is 0. The molecule has 0 spiro atoms. The first-order valence-corrected chi connectivity index (χ1v) is 39.8. The fourth-order valence-corrected chi connectivity index (χ4v) is 57.5. The van der Waals surface area contributed by atoms with E-state index in [2.05, 4.69) is 149 Å². The Labute approximate surface area is 316 Å². The smallest absolute Gasteiger partial charge is 0.147 e. The molecular formula is C42H46Cl2Hf2Si2. The molecule has 4 aliphatic carbocycles. The fraction of sp³-hybridized carbons (Fsp3) is 0.238. The molecule has 6 heteroatoms. The van der Waals surface area contributed by atoms with Crippen LogP contribution in [0.4, 0.5) is 0 Å². The molecule has 4 aromatic rings. The summed E-state index contributed by atoms with van der Waals surface area (Å²) in [6.07, 6.45) is 14.3. The molecule has 0 fully saturated rings. The van der Waals surface area contributed by atoms with Crippen molar-refractivity contribution in [2.45, 2.75) is 65.7 Å². The van der Waals surface area contributed by atoms with E-state index in [0.717, 1.165) is 12.8 Å². The quantitative estimate of drug-likeness (QED) is 0.154. The van der Waals surface area contributed by atoms with Gasteiger partial charge in [0.15, 0.2) is 0 Å². The zero-order valence-electron chi connectivity index (χ0n) is 29.0. The maximum absolute atomic E-state index is 2.56. The Kier molecular flexibility index (Phi) is 12.8. The number of benzene rings is 4.